The van der Waals surface area contributed by atoms with Gasteiger partial charge in [-0.1, -0.05) is 11.6 Å². The summed E-state index contributed by atoms with van der Waals surface area (Å²) >= 11 is 6.09. The summed E-state index contributed by atoms with van der Waals surface area (Å²) in [4.78, 5) is 21.0. The Balaban J connectivity index is 2.20. The van der Waals surface area contributed by atoms with Crippen molar-refractivity contribution < 1.29 is 9.90 Å². The molecule has 24 heavy (non-hydrogen) atoms. The molecule has 4 rings (SSSR count). The monoisotopic (exact) mass is 339 g/mol. The van der Waals surface area contributed by atoms with Gasteiger partial charge in [0.05, 0.1) is 16.5 Å². The zero-order valence-electron chi connectivity index (χ0n) is 13.1. The summed E-state index contributed by atoms with van der Waals surface area (Å²) in [5.41, 5.74) is 1.46. The first-order valence-corrected chi connectivity index (χ1v) is 7.98. The first-order valence-electron chi connectivity index (χ1n) is 7.60. The van der Waals surface area contributed by atoms with Crippen LogP contribution < -0.4 is 10.6 Å². The Morgan fingerprint density at radius 3 is 2.79 bits per heavy atom. The van der Waals surface area contributed by atoms with Crippen molar-refractivity contribution in [3.63, 3.8) is 0 Å². The number of rotatable bonds is 2. The molecule has 0 bridgehead atoms. The van der Waals surface area contributed by atoms with E-state index in [-0.39, 0.29) is 17.8 Å². The van der Waals surface area contributed by atoms with Gasteiger partial charge in [0.1, 0.15) is 5.65 Å². The van der Waals surface area contributed by atoms with Gasteiger partial charge in [-0.15, -0.1) is 0 Å². The number of fused-ring (bicyclic) bond motifs is 2. The molecular weight excluding hydrogens is 326 g/mol. The molecule has 1 aromatic carbocycles. The minimum absolute atomic E-state index is 0.0102. The van der Waals surface area contributed by atoms with Crippen LogP contribution in [0.4, 0.5) is 0 Å². The molecule has 0 fully saturated rings. The van der Waals surface area contributed by atoms with Crippen molar-refractivity contribution in [2.24, 2.45) is 4.99 Å². The van der Waals surface area contributed by atoms with E-state index in [1.54, 1.807) is 35.0 Å². The number of benzene rings is 1. The van der Waals surface area contributed by atoms with E-state index in [2.05, 4.69) is 9.98 Å². The predicted octanol–water partition coefficient (Wildman–Crippen LogP) is 2.33. The third-order valence-corrected chi connectivity index (χ3v) is 4.40. The average Bonchev–Trinajstić information content (AvgIpc) is 3.00. The molecule has 3 aromatic rings. The highest BCUT2D eigenvalue weighted by Crippen LogP contribution is 2.37. The van der Waals surface area contributed by atoms with Gasteiger partial charge in [0.25, 0.3) is 5.91 Å². The molecule has 5 nitrogen and oxygen atoms in total. The van der Waals surface area contributed by atoms with E-state index in [1.807, 2.05) is 19.9 Å². The molecule has 1 N–H and O–H groups in total. The number of halogens is 1. The fourth-order valence-corrected chi connectivity index (χ4v) is 3.36. The van der Waals surface area contributed by atoms with E-state index >= 15 is 0 Å². The highest BCUT2D eigenvalue weighted by atomic mass is 35.5. The molecule has 6 heteroatoms. The van der Waals surface area contributed by atoms with E-state index in [1.165, 1.54) is 0 Å². The van der Waals surface area contributed by atoms with Crippen molar-refractivity contribution in [1.82, 2.24) is 9.55 Å². The normalized spacial score (nSPS) is 13.7. The lowest BCUT2D eigenvalue weighted by atomic mass is 10.0. The van der Waals surface area contributed by atoms with Crippen LogP contribution in [-0.2, 0) is 4.79 Å². The zero-order chi connectivity index (χ0) is 17.0. The number of amides is 1. The average molecular weight is 340 g/mol. The Kier molecular flexibility index (Phi) is 3.21. The summed E-state index contributed by atoms with van der Waals surface area (Å²) in [7, 11) is 0. The number of pyridine rings is 1. The summed E-state index contributed by atoms with van der Waals surface area (Å²) in [6, 6.07) is 8.72. The SMILES string of the molecule is CC(C)n1c(O)c(C2=c3cc(Cl)ccc3=NC2=O)c2cccnc21. The van der Waals surface area contributed by atoms with Crippen LogP contribution in [0.2, 0.25) is 5.02 Å². The van der Waals surface area contributed by atoms with Gasteiger partial charge in [0.2, 0.25) is 5.88 Å². The molecule has 2 aromatic heterocycles. The molecule has 1 aliphatic rings. The van der Waals surface area contributed by atoms with Crippen LogP contribution in [0.25, 0.3) is 16.6 Å². The molecule has 0 atom stereocenters. The number of aromatic hydroxyl groups is 1. The zero-order valence-corrected chi connectivity index (χ0v) is 13.9. The molecule has 1 aliphatic heterocycles. The maximum Gasteiger partial charge on any atom is 0.279 e. The van der Waals surface area contributed by atoms with Crippen LogP contribution in [0.3, 0.4) is 0 Å². The fraction of sp³-hybridized carbons (Fsp3) is 0.167. The molecule has 0 unspecified atom stereocenters. The van der Waals surface area contributed by atoms with E-state index < -0.39 is 0 Å². The lowest BCUT2D eigenvalue weighted by Crippen LogP contribution is -2.22. The molecule has 3 heterocycles. The van der Waals surface area contributed by atoms with Crippen molar-refractivity contribution in [2.45, 2.75) is 19.9 Å². The van der Waals surface area contributed by atoms with Crippen LogP contribution in [-0.4, -0.2) is 20.6 Å². The van der Waals surface area contributed by atoms with Crippen LogP contribution in [0.5, 0.6) is 5.88 Å². The van der Waals surface area contributed by atoms with E-state index in [4.69, 9.17) is 11.6 Å². The van der Waals surface area contributed by atoms with Gasteiger partial charge in [-0.2, -0.15) is 0 Å². The van der Waals surface area contributed by atoms with Gasteiger partial charge < -0.3 is 5.11 Å². The minimum Gasteiger partial charge on any atom is -0.494 e. The quantitative estimate of drug-likeness (QED) is 0.779. The molecule has 1 amide bonds. The summed E-state index contributed by atoms with van der Waals surface area (Å²) in [6.07, 6.45) is 1.67. The summed E-state index contributed by atoms with van der Waals surface area (Å²) in [5.74, 6) is -0.362. The van der Waals surface area contributed by atoms with Crippen molar-refractivity contribution in [3.8, 4) is 5.88 Å². The van der Waals surface area contributed by atoms with E-state index in [9.17, 15) is 9.90 Å². The van der Waals surface area contributed by atoms with Crippen molar-refractivity contribution >= 4 is 34.1 Å². The lowest BCUT2D eigenvalue weighted by Gasteiger charge is -2.10. The third-order valence-electron chi connectivity index (χ3n) is 4.17. The summed E-state index contributed by atoms with van der Waals surface area (Å²) < 4.78 is 1.72. The van der Waals surface area contributed by atoms with Crippen molar-refractivity contribution in [2.75, 3.05) is 0 Å². The van der Waals surface area contributed by atoms with Crippen molar-refractivity contribution in [1.29, 1.82) is 0 Å². The van der Waals surface area contributed by atoms with Gasteiger partial charge in [0, 0.05) is 27.9 Å². The van der Waals surface area contributed by atoms with Crippen LogP contribution in [0.1, 0.15) is 25.5 Å². The number of nitrogens with zero attached hydrogens (tertiary/aromatic N) is 3. The van der Waals surface area contributed by atoms with Gasteiger partial charge >= 0.3 is 0 Å². The number of carbonyl (C=O) groups is 1. The first kappa shape index (κ1) is 14.9. The van der Waals surface area contributed by atoms with Crippen LogP contribution in [0, 0.1) is 0 Å². The highest BCUT2D eigenvalue weighted by molar-refractivity contribution is 6.31. The molecule has 0 aliphatic carbocycles. The van der Waals surface area contributed by atoms with Gasteiger partial charge in [-0.05, 0) is 44.2 Å². The largest absolute Gasteiger partial charge is 0.494 e. The predicted molar refractivity (Wildman–Crippen MR) is 91.5 cm³/mol. The number of carbonyl (C=O) groups excluding carboxylic acids is 1. The summed E-state index contributed by atoms with van der Waals surface area (Å²) in [6.45, 7) is 3.90. The number of aromatic nitrogens is 2. The second-order valence-corrected chi connectivity index (χ2v) is 6.43. The van der Waals surface area contributed by atoms with Gasteiger partial charge in [-0.25, -0.2) is 9.98 Å². The molecule has 0 radical (unpaired) electrons. The van der Waals surface area contributed by atoms with E-state index in [0.717, 1.165) is 5.39 Å². The summed E-state index contributed by atoms with van der Waals surface area (Å²) in [5, 5.41) is 13.3. The van der Waals surface area contributed by atoms with Crippen LogP contribution >= 0.6 is 11.6 Å². The highest BCUT2D eigenvalue weighted by Gasteiger charge is 2.28. The topological polar surface area (TPSA) is 67.5 Å². The van der Waals surface area contributed by atoms with E-state index in [0.29, 0.717) is 32.4 Å². The number of hydrogen-bond donors (Lipinski definition) is 1. The Morgan fingerprint density at radius 1 is 1.25 bits per heavy atom. The Labute approximate surface area is 142 Å². The first-order chi connectivity index (χ1) is 11.5. The molecule has 0 saturated carbocycles. The second-order valence-electron chi connectivity index (χ2n) is 5.99. The minimum atomic E-state index is -0.380. The van der Waals surface area contributed by atoms with Gasteiger partial charge in [-0.3, -0.25) is 9.36 Å². The fourth-order valence-electron chi connectivity index (χ4n) is 3.19. The second kappa shape index (κ2) is 5.18. The third kappa shape index (κ3) is 1.98. The Hall–Kier alpha value is -2.66. The maximum atomic E-state index is 12.5. The number of hydrogen-bond acceptors (Lipinski definition) is 3. The van der Waals surface area contributed by atoms with Crippen LogP contribution in [0.15, 0.2) is 41.5 Å². The maximum absolute atomic E-state index is 12.5. The van der Waals surface area contributed by atoms with Gasteiger partial charge in [0.15, 0.2) is 0 Å². The smallest absolute Gasteiger partial charge is 0.279 e. The van der Waals surface area contributed by atoms with Crippen molar-refractivity contribution in [3.05, 3.63) is 57.7 Å². The Morgan fingerprint density at radius 2 is 2.04 bits per heavy atom. The lowest BCUT2D eigenvalue weighted by molar-refractivity contribution is -0.112. The molecule has 0 spiro atoms. The molecule has 0 saturated heterocycles. The molecular formula is C18H14ClN3O2. The molecule has 120 valence electrons. The Bertz CT molecular complexity index is 1130. The standard InChI is InChI=1S/C18H14ClN3O2/c1-9(2)22-16-11(4-3-7-20-16)15(18(22)24)14-12-8-10(19)5-6-13(12)21-17(14)23/h3-9,24H,1-2H3.